The van der Waals surface area contributed by atoms with E-state index in [1.165, 1.54) is 0 Å². The summed E-state index contributed by atoms with van der Waals surface area (Å²) in [6, 6.07) is 18.7. The molecule has 4 nitrogen and oxygen atoms in total. The monoisotopic (exact) mass is 300 g/mol. The molecule has 0 radical (unpaired) electrons. The Morgan fingerprint density at radius 1 is 1.00 bits per heavy atom. The zero-order chi connectivity index (χ0) is 15.1. The summed E-state index contributed by atoms with van der Waals surface area (Å²) in [5.74, 6) is -0.353. The first-order valence-corrected chi connectivity index (χ1v) is 7.21. The topological polar surface area (TPSA) is 98.3 Å². The van der Waals surface area contributed by atoms with Crippen LogP contribution in [0.25, 0.3) is 0 Å². The van der Waals surface area contributed by atoms with Crippen LogP contribution in [-0.2, 0) is 11.2 Å². The van der Waals surface area contributed by atoms with Crippen LogP contribution in [-0.4, -0.2) is 23.5 Å². The zero-order valence-electron chi connectivity index (χ0n) is 12.7. The fraction of sp³-hybridized carbons (Fsp3) is 0.278. The summed E-state index contributed by atoms with van der Waals surface area (Å²) in [6.07, 6.45) is 0.930. The number of hydrogen-bond donors (Lipinski definition) is 3. The molecular formula is C18H24N2O2. The van der Waals surface area contributed by atoms with Crippen LogP contribution >= 0.6 is 0 Å². The Labute approximate surface area is 131 Å². The van der Waals surface area contributed by atoms with E-state index in [9.17, 15) is 9.90 Å². The van der Waals surface area contributed by atoms with E-state index in [1.807, 2.05) is 60.7 Å². The van der Waals surface area contributed by atoms with Crippen LogP contribution in [0.3, 0.4) is 0 Å². The molecule has 2 aromatic rings. The standard InChI is InChI=1S/C18H21NO2.H3N/c19-17(13-14-7-3-1-4-8-14)18(21)16(11-12-20)15-9-5-2-6-10-15;/h1-10,16-17,20H,11-13,19H2;1H3. The Balaban J connectivity index is 0.00000242. The van der Waals surface area contributed by atoms with Crippen molar-refractivity contribution >= 4 is 5.78 Å². The molecule has 4 heteroatoms. The van der Waals surface area contributed by atoms with Crippen molar-refractivity contribution in [2.75, 3.05) is 6.61 Å². The maximum Gasteiger partial charge on any atom is 0.157 e. The highest BCUT2D eigenvalue weighted by Crippen LogP contribution is 2.22. The summed E-state index contributed by atoms with van der Waals surface area (Å²) in [7, 11) is 0. The highest BCUT2D eigenvalue weighted by Gasteiger charge is 2.25. The second-order valence-electron chi connectivity index (χ2n) is 5.17. The van der Waals surface area contributed by atoms with Crippen molar-refractivity contribution in [3.8, 4) is 0 Å². The lowest BCUT2D eigenvalue weighted by Crippen LogP contribution is -2.36. The van der Waals surface area contributed by atoms with E-state index >= 15 is 0 Å². The molecule has 2 atom stereocenters. The number of Topliss-reactive ketones (excluding diaryl/α,β-unsaturated/α-hetero) is 1. The van der Waals surface area contributed by atoms with E-state index in [4.69, 9.17) is 5.73 Å². The van der Waals surface area contributed by atoms with Crippen LogP contribution in [0.4, 0.5) is 0 Å². The lowest BCUT2D eigenvalue weighted by Gasteiger charge is -2.19. The van der Waals surface area contributed by atoms with Crippen molar-refractivity contribution < 1.29 is 9.90 Å². The van der Waals surface area contributed by atoms with Gasteiger partial charge >= 0.3 is 0 Å². The van der Waals surface area contributed by atoms with Crippen LogP contribution in [0.1, 0.15) is 23.5 Å². The number of nitrogens with two attached hydrogens (primary N) is 1. The third kappa shape index (κ3) is 4.77. The van der Waals surface area contributed by atoms with Crippen molar-refractivity contribution in [1.82, 2.24) is 6.15 Å². The van der Waals surface area contributed by atoms with E-state index in [0.717, 1.165) is 11.1 Å². The number of carbonyl (C=O) groups excluding carboxylic acids is 1. The van der Waals surface area contributed by atoms with Gasteiger partial charge in [0.1, 0.15) is 0 Å². The molecule has 2 aromatic carbocycles. The first kappa shape index (κ1) is 18.0. The van der Waals surface area contributed by atoms with Gasteiger partial charge in [0.15, 0.2) is 5.78 Å². The highest BCUT2D eigenvalue weighted by atomic mass is 16.3. The Bertz CT molecular complexity index is 558. The summed E-state index contributed by atoms with van der Waals surface area (Å²) < 4.78 is 0. The largest absolute Gasteiger partial charge is 0.396 e. The van der Waals surface area contributed by atoms with Gasteiger partial charge in [0, 0.05) is 12.5 Å². The van der Waals surface area contributed by atoms with Gasteiger partial charge in [0.25, 0.3) is 0 Å². The molecule has 0 saturated carbocycles. The second-order valence-corrected chi connectivity index (χ2v) is 5.17. The van der Waals surface area contributed by atoms with Crippen LogP contribution in [0, 0.1) is 0 Å². The first-order chi connectivity index (χ1) is 10.2. The van der Waals surface area contributed by atoms with Gasteiger partial charge in [-0.2, -0.15) is 0 Å². The molecule has 0 aliphatic carbocycles. The average Bonchev–Trinajstić information content (AvgIpc) is 2.53. The number of ketones is 1. The number of aliphatic hydroxyl groups is 1. The third-order valence-corrected chi connectivity index (χ3v) is 3.63. The summed E-state index contributed by atoms with van der Waals surface area (Å²) in [5, 5.41) is 9.23. The van der Waals surface area contributed by atoms with Crippen LogP contribution < -0.4 is 11.9 Å². The van der Waals surface area contributed by atoms with Gasteiger partial charge in [0.05, 0.1) is 6.04 Å². The molecular weight excluding hydrogens is 276 g/mol. The number of hydrogen-bond acceptors (Lipinski definition) is 4. The maximum atomic E-state index is 12.6. The van der Waals surface area contributed by atoms with Crippen LogP contribution in [0.15, 0.2) is 60.7 Å². The summed E-state index contributed by atoms with van der Waals surface area (Å²) in [5.41, 5.74) is 8.05. The molecule has 0 amide bonds. The van der Waals surface area contributed by atoms with Crippen molar-refractivity contribution in [2.45, 2.75) is 24.8 Å². The fourth-order valence-corrected chi connectivity index (χ4v) is 2.51. The molecule has 0 heterocycles. The molecule has 0 aliphatic heterocycles. The Hall–Kier alpha value is -2.01. The van der Waals surface area contributed by atoms with E-state index in [-0.39, 0.29) is 24.5 Å². The van der Waals surface area contributed by atoms with Gasteiger partial charge in [0.2, 0.25) is 0 Å². The Kier molecular flexibility index (Phi) is 7.46. The van der Waals surface area contributed by atoms with E-state index in [0.29, 0.717) is 12.8 Å². The van der Waals surface area contributed by atoms with Gasteiger partial charge < -0.3 is 17.0 Å². The molecule has 0 fully saturated rings. The van der Waals surface area contributed by atoms with Gasteiger partial charge in [-0.15, -0.1) is 0 Å². The van der Waals surface area contributed by atoms with Gasteiger partial charge in [-0.1, -0.05) is 60.7 Å². The summed E-state index contributed by atoms with van der Waals surface area (Å²) in [6.45, 7) is -0.0244. The molecule has 0 aliphatic rings. The average molecular weight is 300 g/mol. The SMILES string of the molecule is N.NC(Cc1ccccc1)C(=O)C(CCO)c1ccccc1. The minimum atomic E-state index is -0.552. The predicted octanol–water partition coefficient (Wildman–Crippen LogP) is 2.45. The highest BCUT2D eigenvalue weighted by molar-refractivity contribution is 5.90. The number of rotatable bonds is 7. The molecule has 0 bridgehead atoms. The van der Waals surface area contributed by atoms with Gasteiger partial charge in [-0.25, -0.2) is 0 Å². The van der Waals surface area contributed by atoms with Gasteiger partial charge in [-0.05, 0) is 24.0 Å². The molecule has 2 unspecified atom stereocenters. The number of carbonyl (C=O) groups is 1. The van der Waals surface area contributed by atoms with Gasteiger partial charge in [-0.3, -0.25) is 4.79 Å². The lowest BCUT2D eigenvalue weighted by molar-refractivity contribution is -0.122. The van der Waals surface area contributed by atoms with Crippen molar-refractivity contribution in [2.24, 2.45) is 5.73 Å². The molecule has 118 valence electrons. The number of benzene rings is 2. The fourth-order valence-electron chi connectivity index (χ4n) is 2.51. The normalized spacial score (nSPS) is 13.0. The molecule has 0 spiro atoms. The minimum Gasteiger partial charge on any atom is -0.396 e. The molecule has 0 saturated heterocycles. The molecule has 0 aromatic heterocycles. The van der Waals surface area contributed by atoms with Crippen LogP contribution in [0.2, 0.25) is 0 Å². The van der Waals surface area contributed by atoms with E-state index in [2.05, 4.69) is 0 Å². The Morgan fingerprint density at radius 3 is 2.09 bits per heavy atom. The summed E-state index contributed by atoms with van der Waals surface area (Å²) in [4.78, 5) is 12.6. The first-order valence-electron chi connectivity index (χ1n) is 7.21. The molecule has 22 heavy (non-hydrogen) atoms. The lowest BCUT2D eigenvalue weighted by atomic mass is 9.86. The van der Waals surface area contributed by atoms with E-state index < -0.39 is 6.04 Å². The van der Waals surface area contributed by atoms with E-state index in [1.54, 1.807) is 0 Å². The van der Waals surface area contributed by atoms with Crippen molar-refractivity contribution in [3.63, 3.8) is 0 Å². The predicted molar refractivity (Wildman–Crippen MR) is 89.0 cm³/mol. The molecule has 2 rings (SSSR count). The third-order valence-electron chi connectivity index (χ3n) is 3.63. The minimum absolute atomic E-state index is 0. The quantitative estimate of drug-likeness (QED) is 0.731. The molecule has 6 N–H and O–H groups in total. The van der Waals surface area contributed by atoms with Crippen LogP contribution in [0.5, 0.6) is 0 Å². The van der Waals surface area contributed by atoms with Crippen molar-refractivity contribution in [3.05, 3.63) is 71.8 Å². The number of aliphatic hydroxyl groups excluding tert-OH is 1. The summed E-state index contributed by atoms with van der Waals surface area (Å²) >= 11 is 0. The maximum absolute atomic E-state index is 12.6. The van der Waals surface area contributed by atoms with Crippen molar-refractivity contribution in [1.29, 1.82) is 0 Å². The zero-order valence-corrected chi connectivity index (χ0v) is 12.7. The Morgan fingerprint density at radius 2 is 1.55 bits per heavy atom. The second kappa shape index (κ2) is 9.10. The smallest absolute Gasteiger partial charge is 0.157 e.